The smallest absolute Gasteiger partial charge is 0.231 e. The molecule has 1 aromatic heterocycles. The third kappa shape index (κ3) is 3.35. The van der Waals surface area contributed by atoms with E-state index >= 15 is 0 Å². The molecule has 2 atom stereocenters. The van der Waals surface area contributed by atoms with Crippen LogP contribution >= 0.6 is 0 Å². The summed E-state index contributed by atoms with van der Waals surface area (Å²) in [6.07, 6.45) is 1.76. The molecule has 3 aromatic rings. The first-order valence-electron chi connectivity index (χ1n) is 9.90. The lowest BCUT2D eigenvalue weighted by molar-refractivity contribution is -0.122. The highest BCUT2D eigenvalue weighted by atomic mass is 16.5. The molecule has 1 saturated heterocycles. The molecular formula is C23H28N2O5. The van der Waals surface area contributed by atoms with Gasteiger partial charge in [0.1, 0.15) is 5.60 Å². The van der Waals surface area contributed by atoms with Crippen LogP contribution in [-0.2, 0) is 10.4 Å². The number of methoxy groups -OCH3 is 3. The monoisotopic (exact) mass is 412 g/mol. The molecule has 1 amide bonds. The Morgan fingerprint density at radius 2 is 1.67 bits per heavy atom. The van der Waals surface area contributed by atoms with Crippen LogP contribution in [0.2, 0.25) is 0 Å². The van der Waals surface area contributed by atoms with Crippen molar-refractivity contribution < 1.29 is 24.1 Å². The number of benzene rings is 2. The number of H-pyrrole nitrogens is 1. The maximum absolute atomic E-state index is 12.8. The number of nitrogens with one attached hydrogen (secondary N) is 2. The van der Waals surface area contributed by atoms with Crippen LogP contribution in [0, 0.1) is 0 Å². The van der Waals surface area contributed by atoms with E-state index in [1.165, 1.54) is 21.3 Å². The zero-order chi connectivity index (χ0) is 21.9. The van der Waals surface area contributed by atoms with E-state index in [4.69, 9.17) is 14.2 Å². The summed E-state index contributed by atoms with van der Waals surface area (Å²) in [5.41, 5.74) is 0.716. The Bertz CT molecular complexity index is 1020. The predicted octanol–water partition coefficient (Wildman–Crippen LogP) is 3.32. The number of aliphatic hydroxyl groups is 1. The van der Waals surface area contributed by atoms with Gasteiger partial charge < -0.3 is 29.6 Å². The van der Waals surface area contributed by atoms with Crippen LogP contribution in [-0.4, -0.2) is 43.9 Å². The van der Waals surface area contributed by atoms with Gasteiger partial charge in [0.2, 0.25) is 11.7 Å². The number of amides is 1. The molecule has 1 aliphatic rings. The molecule has 1 fully saturated rings. The maximum atomic E-state index is 12.8. The Morgan fingerprint density at radius 1 is 1.03 bits per heavy atom. The highest BCUT2D eigenvalue weighted by Gasteiger charge is 2.50. The normalized spacial score (nSPS) is 20.3. The molecule has 1 aliphatic heterocycles. The average molecular weight is 412 g/mol. The van der Waals surface area contributed by atoms with E-state index in [9.17, 15) is 9.90 Å². The molecule has 2 unspecified atom stereocenters. The quantitative estimate of drug-likeness (QED) is 0.598. The van der Waals surface area contributed by atoms with Gasteiger partial charge in [0, 0.05) is 22.7 Å². The summed E-state index contributed by atoms with van der Waals surface area (Å²) in [4.78, 5) is 16.0. The van der Waals surface area contributed by atoms with Crippen molar-refractivity contribution in [2.45, 2.75) is 25.4 Å². The van der Waals surface area contributed by atoms with E-state index in [1.54, 1.807) is 18.3 Å². The minimum absolute atomic E-state index is 0.106. The SMILES string of the molecule is CC.COc1cc(C2C(=O)NCC2(O)c2c[nH]c3ccccc23)cc(OC)c1OC. The summed E-state index contributed by atoms with van der Waals surface area (Å²) >= 11 is 0. The van der Waals surface area contributed by atoms with Crippen molar-refractivity contribution in [3.63, 3.8) is 0 Å². The topological polar surface area (TPSA) is 92.8 Å². The lowest BCUT2D eigenvalue weighted by Crippen LogP contribution is -2.34. The molecule has 4 rings (SSSR count). The highest BCUT2D eigenvalue weighted by Crippen LogP contribution is 2.47. The maximum Gasteiger partial charge on any atom is 0.231 e. The number of rotatable bonds is 5. The first-order valence-corrected chi connectivity index (χ1v) is 9.90. The van der Waals surface area contributed by atoms with Crippen LogP contribution < -0.4 is 19.5 Å². The molecule has 2 aromatic carbocycles. The fourth-order valence-corrected chi connectivity index (χ4v) is 4.02. The fraction of sp³-hybridized carbons (Fsp3) is 0.348. The number of β-amino-alcohol motifs (C(OH)–C–C–N with tert-alkyl or cyclic N) is 1. The largest absolute Gasteiger partial charge is 0.493 e. The van der Waals surface area contributed by atoms with Crippen LogP contribution in [0.3, 0.4) is 0 Å². The number of carbonyl (C=O) groups is 1. The van der Waals surface area contributed by atoms with Crippen molar-refractivity contribution in [1.82, 2.24) is 10.3 Å². The van der Waals surface area contributed by atoms with Crippen molar-refractivity contribution in [2.24, 2.45) is 0 Å². The number of hydrogen-bond acceptors (Lipinski definition) is 5. The number of ether oxygens (including phenoxy) is 3. The Kier molecular flexibility index (Phi) is 6.22. The molecule has 7 nitrogen and oxygen atoms in total. The lowest BCUT2D eigenvalue weighted by Gasteiger charge is -2.28. The Balaban J connectivity index is 0.00000124. The van der Waals surface area contributed by atoms with Gasteiger partial charge in [0.05, 0.1) is 33.8 Å². The lowest BCUT2D eigenvalue weighted by atomic mass is 9.79. The van der Waals surface area contributed by atoms with Gasteiger partial charge >= 0.3 is 0 Å². The van der Waals surface area contributed by atoms with Gasteiger partial charge in [-0.15, -0.1) is 0 Å². The second kappa shape index (κ2) is 8.67. The number of fused-ring (bicyclic) bond motifs is 1. The van der Waals surface area contributed by atoms with E-state index in [0.717, 1.165) is 10.9 Å². The molecule has 3 N–H and O–H groups in total. The predicted molar refractivity (Wildman–Crippen MR) is 115 cm³/mol. The van der Waals surface area contributed by atoms with E-state index < -0.39 is 11.5 Å². The van der Waals surface area contributed by atoms with Crippen molar-refractivity contribution >= 4 is 16.8 Å². The summed E-state index contributed by atoms with van der Waals surface area (Å²) < 4.78 is 16.2. The summed E-state index contributed by atoms with van der Waals surface area (Å²) in [5, 5.41) is 15.3. The third-order valence-corrected chi connectivity index (χ3v) is 5.35. The molecule has 0 radical (unpaired) electrons. The Labute approximate surface area is 176 Å². The van der Waals surface area contributed by atoms with Crippen molar-refractivity contribution in [2.75, 3.05) is 27.9 Å². The zero-order valence-corrected chi connectivity index (χ0v) is 17.9. The second-order valence-electron chi connectivity index (χ2n) is 6.78. The number of hydrogen-bond donors (Lipinski definition) is 3. The zero-order valence-electron chi connectivity index (χ0n) is 17.9. The summed E-state index contributed by atoms with van der Waals surface area (Å²) in [7, 11) is 4.55. The van der Waals surface area contributed by atoms with E-state index in [0.29, 0.717) is 28.4 Å². The van der Waals surface area contributed by atoms with Gasteiger partial charge in [-0.1, -0.05) is 32.0 Å². The van der Waals surface area contributed by atoms with Crippen LogP contribution in [0.5, 0.6) is 17.2 Å². The Hall–Kier alpha value is -3.19. The van der Waals surface area contributed by atoms with Gasteiger partial charge in [-0.05, 0) is 23.8 Å². The van der Waals surface area contributed by atoms with Gasteiger partial charge in [0.25, 0.3) is 0 Å². The summed E-state index contributed by atoms with van der Waals surface area (Å²) in [6, 6.07) is 11.1. The summed E-state index contributed by atoms with van der Waals surface area (Å²) in [5.74, 6) is 0.195. The number of aromatic nitrogens is 1. The molecule has 160 valence electrons. The summed E-state index contributed by atoms with van der Waals surface area (Å²) in [6.45, 7) is 4.11. The van der Waals surface area contributed by atoms with E-state index in [1.807, 2.05) is 38.1 Å². The molecule has 0 bridgehead atoms. The number of para-hydroxylation sites is 1. The first kappa shape index (κ1) is 21.5. The number of aromatic amines is 1. The fourth-order valence-electron chi connectivity index (χ4n) is 4.02. The minimum Gasteiger partial charge on any atom is -0.493 e. The molecule has 0 aliphatic carbocycles. The minimum atomic E-state index is -1.43. The van der Waals surface area contributed by atoms with Crippen LogP contribution in [0.25, 0.3) is 10.9 Å². The molecule has 30 heavy (non-hydrogen) atoms. The van der Waals surface area contributed by atoms with Crippen LogP contribution in [0.1, 0.15) is 30.9 Å². The molecule has 7 heteroatoms. The van der Waals surface area contributed by atoms with E-state index in [-0.39, 0.29) is 12.5 Å². The highest BCUT2D eigenvalue weighted by molar-refractivity contribution is 5.92. The van der Waals surface area contributed by atoms with Crippen molar-refractivity contribution in [3.8, 4) is 17.2 Å². The van der Waals surface area contributed by atoms with Crippen molar-refractivity contribution in [3.05, 3.63) is 53.7 Å². The average Bonchev–Trinajstić information content (AvgIpc) is 3.35. The van der Waals surface area contributed by atoms with Gasteiger partial charge in [0.15, 0.2) is 11.5 Å². The number of carbonyl (C=O) groups excluding carboxylic acids is 1. The van der Waals surface area contributed by atoms with Crippen molar-refractivity contribution in [1.29, 1.82) is 0 Å². The van der Waals surface area contributed by atoms with Gasteiger partial charge in [-0.2, -0.15) is 0 Å². The van der Waals surface area contributed by atoms with Crippen LogP contribution in [0.4, 0.5) is 0 Å². The second-order valence-corrected chi connectivity index (χ2v) is 6.78. The Morgan fingerprint density at radius 3 is 2.27 bits per heavy atom. The molecule has 0 saturated carbocycles. The van der Waals surface area contributed by atoms with Crippen LogP contribution in [0.15, 0.2) is 42.6 Å². The standard InChI is InChI=1S/C21H22N2O5.C2H6/c1-26-16-8-12(9-17(27-2)19(16)28-3)18-20(24)23-11-21(18,25)14-10-22-15-7-5-4-6-13(14)15;1-2/h4-10,18,22,25H,11H2,1-3H3,(H,23,24);1-2H3. The first-order chi connectivity index (χ1) is 14.5. The molecule has 2 heterocycles. The third-order valence-electron chi connectivity index (χ3n) is 5.35. The van der Waals surface area contributed by atoms with Gasteiger partial charge in [-0.25, -0.2) is 0 Å². The molecular weight excluding hydrogens is 384 g/mol. The van der Waals surface area contributed by atoms with E-state index in [2.05, 4.69) is 10.3 Å². The van der Waals surface area contributed by atoms with Gasteiger partial charge in [-0.3, -0.25) is 4.79 Å². The molecule has 0 spiro atoms.